The third-order valence-corrected chi connectivity index (χ3v) is 4.03. The van der Waals surface area contributed by atoms with Crippen LogP contribution in [0.2, 0.25) is 0 Å². The molecule has 2 aromatic rings. The summed E-state index contributed by atoms with van der Waals surface area (Å²) in [6.07, 6.45) is 1.70. The standard InChI is InChI=1S/C14H16N2O4/c1-14(2)11(7-12(14)17)15-13(18)8-6-10(20-16-8)9-4-3-5-19-9/h3-6,11-12,17H,7H2,1-2H3,(H,15,18). The number of hydrogen-bond donors (Lipinski definition) is 2. The number of carbonyl (C=O) groups excluding carboxylic acids is 1. The fourth-order valence-corrected chi connectivity index (χ4v) is 2.30. The Balaban J connectivity index is 1.70. The second-order valence-electron chi connectivity index (χ2n) is 5.65. The van der Waals surface area contributed by atoms with Crippen molar-refractivity contribution in [2.24, 2.45) is 5.41 Å². The van der Waals surface area contributed by atoms with E-state index in [9.17, 15) is 9.90 Å². The van der Waals surface area contributed by atoms with E-state index in [1.165, 1.54) is 12.3 Å². The van der Waals surface area contributed by atoms with Gasteiger partial charge in [0.15, 0.2) is 11.5 Å². The Morgan fingerprint density at radius 2 is 2.30 bits per heavy atom. The van der Waals surface area contributed by atoms with Crippen LogP contribution in [0.25, 0.3) is 11.5 Å². The molecule has 0 aromatic carbocycles. The minimum atomic E-state index is -0.385. The third kappa shape index (κ3) is 2.02. The van der Waals surface area contributed by atoms with Crippen molar-refractivity contribution in [3.8, 4) is 11.5 Å². The summed E-state index contributed by atoms with van der Waals surface area (Å²) in [6, 6.07) is 4.94. The molecule has 1 aliphatic rings. The predicted octanol–water partition coefficient (Wildman–Crippen LogP) is 1.82. The smallest absolute Gasteiger partial charge is 0.273 e. The number of furan rings is 1. The first-order valence-corrected chi connectivity index (χ1v) is 6.48. The van der Waals surface area contributed by atoms with Crippen molar-refractivity contribution in [3.63, 3.8) is 0 Å². The van der Waals surface area contributed by atoms with Crippen molar-refractivity contribution in [3.05, 3.63) is 30.2 Å². The summed E-state index contributed by atoms with van der Waals surface area (Å²) in [4.78, 5) is 12.1. The Labute approximate surface area is 115 Å². The Morgan fingerprint density at radius 1 is 1.50 bits per heavy atom. The first kappa shape index (κ1) is 12.9. The largest absolute Gasteiger partial charge is 0.461 e. The van der Waals surface area contributed by atoms with Crippen LogP contribution in [0, 0.1) is 5.41 Å². The predicted molar refractivity (Wildman–Crippen MR) is 69.9 cm³/mol. The number of aliphatic hydroxyl groups excluding tert-OH is 1. The maximum Gasteiger partial charge on any atom is 0.273 e. The number of nitrogens with one attached hydrogen (secondary N) is 1. The third-order valence-electron chi connectivity index (χ3n) is 4.03. The molecule has 106 valence electrons. The van der Waals surface area contributed by atoms with E-state index in [-0.39, 0.29) is 29.2 Å². The molecule has 1 saturated carbocycles. The van der Waals surface area contributed by atoms with Gasteiger partial charge >= 0.3 is 0 Å². The van der Waals surface area contributed by atoms with Crippen LogP contribution in [0.1, 0.15) is 30.8 Å². The number of aliphatic hydroxyl groups is 1. The summed E-state index contributed by atoms with van der Waals surface area (Å²) in [5.74, 6) is 0.625. The van der Waals surface area contributed by atoms with Gasteiger partial charge in [-0.3, -0.25) is 4.79 Å². The van der Waals surface area contributed by atoms with Gasteiger partial charge in [0.25, 0.3) is 5.91 Å². The molecule has 2 unspecified atom stereocenters. The van der Waals surface area contributed by atoms with Crippen molar-refractivity contribution in [2.75, 3.05) is 0 Å². The molecular weight excluding hydrogens is 260 g/mol. The van der Waals surface area contributed by atoms with E-state index >= 15 is 0 Å². The van der Waals surface area contributed by atoms with Gasteiger partial charge in [-0.1, -0.05) is 19.0 Å². The molecule has 0 aliphatic heterocycles. The number of rotatable bonds is 3. The maximum absolute atomic E-state index is 12.1. The van der Waals surface area contributed by atoms with E-state index in [1.807, 2.05) is 13.8 Å². The number of nitrogens with zero attached hydrogens (tertiary/aromatic N) is 1. The zero-order valence-corrected chi connectivity index (χ0v) is 11.3. The molecule has 0 bridgehead atoms. The quantitative estimate of drug-likeness (QED) is 0.892. The summed E-state index contributed by atoms with van der Waals surface area (Å²) < 4.78 is 10.3. The Kier molecular flexibility index (Phi) is 2.90. The summed E-state index contributed by atoms with van der Waals surface area (Å²) in [6.45, 7) is 3.84. The average molecular weight is 276 g/mol. The van der Waals surface area contributed by atoms with Gasteiger partial charge in [0.05, 0.1) is 12.4 Å². The summed E-state index contributed by atoms with van der Waals surface area (Å²) in [7, 11) is 0. The van der Waals surface area contributed by atoms with Gasteiger partial charge in [-0.25, -0.2) is 0 Å². The van der Waals surface area contributed by atoms with Gasteiger partial charge < -0.3 is 19.4 Å². The zero-order chi connectivity index (χ0) is 14.3. The van der Waals surface area contributed by atoms with Crippen LogP contribution in [0.4, 0.5) is 0 Å². The van der Waals surface area contributed by atoms with Crippen molar-refractivity contribution >= 4 is 5.91 Å². The molecule has 6 heteroatoms. The van der Waals surface area contributed by atoms with Gasteiger partial charge in [0.2, 0.25) is 5.76 Å². The van der Waals surface area contributed by atoms with E-state index in [0.29, 0.717) is 17.9 Å². The molecular formula is C14H16N2O4. The minimum Gasteiger partial charge on any atom is -0.461 e. The fourth-order valence-electron chi connectivity index (χ4n) is 2.30. The monoisotopic (exact) mass is 276 g/mol. The normalized spacial score (nSPS) is 24.1. The van der Waals surface area contributed by atoms with E-state index in [2.05, 4.69) is 10.5 Å². The second-order valence-corrected chi connectivity index (χ2v) is 5.65. The highest BCUT2D eigenvalue weighted by atomic mass is 16.5. The van der Waals surface area contributed by atoms with Crippen molar-refractivity contribution < 1.29 is 18.8 Å². The van der Waals surface area contributed by atoms with Gasteiger partial charge in [-0.2, -0.15) is 0 Å². The molecule has 20 heavy (non-hydrogen) atoms. The van der Waals surface area contributed by atoms with Crippen LogP contribution in [-0.4, -0.2) is 28.3 Å². The zero-order valence-electron chi connectivity index (χ0n) is 11.3. The van der Waals surface area contributed by atoms with Crippen LogP contribution in [-0.2, 0) is 0 Å². The van der Waals surface area contributed by atoms with E-state index in [1.54, 1.807) is 12.1 Å². The Morgan fingerprint density at radius 3 is 2.90 bits per heavy atom. The average Bonchev–Trinajstić information content (AvgIpc) is 3.09. The number of aromatic nitrogens is 1. The summed E-state index contributed by atoms with van der Waals surface area (Å²) in [5, 5.41) is 16.3. The fraction of sp³-hybridized carbons (Fsp3) is 0.429. The number of hydrogen-bond acceptors (Lipinski definition) is 5. The number of carbonyl (C=O) groups is 1. The number of amides is 1. The molecule has 2 heterocycles. The summed E-state index contributed by atoms with van der Waals surface area (Å²) >= 11 is 0. The molecule has 1 fully saturated rings. The first-order valence-electron chi connectivity index (χ1n) is 6.48. The Bertz CT molecular complexity index is 615. The topological polar surface area (TPSA) is 88.5 Å². The SMILES string of the molecule is CC1(C)C(O)CC1NC(=O)c1cc(-c2ccco2)on1. The summed E-state index contributed by atoms with van der Waals surface area (Å²) in [5.41, 5.74) is -0.114. The lowest BCUT2D eigenvalue weighted by Crippen LogP contribution is -2.61. The molecule has 3 rings (SSSR count). The van der Waals surface area contributed by atoms with Gasteiger partial charge in [0, 0.05) is 17.5 Å². The lowest BCUT2D eigenvalue weighted by atomic mass is 9.64. The maximum atomic E-state index is 12.1. The van der Waals surface area contributed by atoms with E-state index in [4.69, 9.17) is 8.94 Å². The lowest BCUT2D eigenvalue weighted by Gasteiger charge is -2.49. The van der Waals surface area contributed by atoms with Crippen LogP contribution in [0.15, 0.2) is 33.4 Å². The molecule has 2 atom stereocenters. The molecule has 2 aromatic heterocycles. The van der Waals surface area contributed by atoms with Gasteiger partial charge in [0.1, 0.15) is 0 Å². The van der Waals surface area contributed by atoms with Crippen molar-refractivity contribution in [2.45, 2.75) is 32.4 Å². The van der Waals surface area contributed by atoms with Gasteiger partial charge in [-0.15, -0.1) is 0 Å². The first-order chi connectivity index (χ1) is 9.48. The minimum absolute atomic E-state index is 0.0613. The molecule has 1 amide bonds. The van der Waals surface area contributed by atoms with Crippen LogP contribution >= 0.6 is 0 Å². The molecule has 2 N–H and O–H groups in total. The van der Waals surface area contributed by atoms with E-state index < -0.39 is 0 Å². The molecule has 0 radical (unpaired) electrons. The second kappa shape index (κ2) is 4.49. The molecule has 6 nitrogen and oxygen atoms in total. The molecule has 0 saturated heterocycles. The molecule has 0 spiro atoms. The van der Waals surface area contributed by atoms with Crippen LogP contribution < -0.4 is 5.32 Å². The van der Waals surface area contributed by atoms with Crippen molar-refractivity contribution in [1.82, 2.24) is 10.5 Å². The van der Waals surface area contributed by atoms with Crippen LogP contribution in [0.3, 0.4) is 0 Å². The van der Waals surface area contributed by atoms with Crippen LogP contribution in [0.5, 0.6) is 0 Å². The molecule has 1 aliphatic carbocycles. The Hall–Kier alpha value is -2.08. The van der Waals surface area contributed by atoms with E-state index in [0.717, 1.165) is 0 Å². The highest BCUT2D eigenvalue weighted by Gasteiger charge is 2.48. The van der Waals surface area contributed by atoms with Gasteiger partial charge in [-0.05, 0) is 18.6 Å². The highest BCUT2D eigenvalue weighted by Crippen LogP contribution is 2.40. The van der Waals surface area contributed by atoms with Crippen molar-refractivity contribution in [1.29, 1.82) is 0 Å². The lowest BCUT2D eigenvalue weighted by molar-refractivity contribution is -0.0690. The highest BCUT2D eigenvalue weighted by molar-refractivity contribution is 5.93.